The van der Waals surface area contributed by atoms with Crippen LogP contribution >= 0.6 is 0 Å². The maximum atomic E-state index is 12.7. The van der Waals surface area contributed by atoms with E-state index >= 15 is 0 Å². The zero-order valence-corrected chi connectivity index (χ0v) is 11.6. The van der Waals surface area contributed by atoms with Crippen molar-refractivity contribution in [2.45, 2.75) is 6.18 Å². The monoisotopic (exact) mass is 310 g/mol. The van der Waals surface area contributed by atoms with Gasteiger partial charge in [-0.25, -0.2) is 0 Å². The van der Waals surface area contributed by atoms with Crippen molar-refractivity contribution in [2.75, 3.05) is 26.3 Å². The first kappa shape index (κ1) is 16.0. The summed E-state index contributed by atoms with van der Waals surface area (Å²) in [5.41, 5.74) is -0.855. The van der Waals surface area contributed by atoms with Crippen molar-refractivity contribution in [3.8, 4) is 6.07 Å². The third-order valence-electron chi connectivity index (χ3n) is 3.17. The summed E-state index contributed by atoms with van der Waals surface area (Å²) in [4.78, 5) is 13.6. The Kier molecular flexibility index (Phi) is 4.83. The highest BCUT2D eigenvalue weighted by Crippen LogP contribution is 2.30. The van der Waals surface area contributed by atoms with Crippen LogP contribution in [0.25, 0.3) is 6.08 Å². The van der Waals surface area contributed by atoms with E-state index in [1.807, 2.05) is 0 Å². The number of hydrogen-bond acceptors (Lipinski definition) is 3. The van der Waals surface area contributed by atoms with Crippen LogP contribution in [0.3, 0.4) is 0 Å². The number of benzene rings is 1. The van der Waals surface area contributed by atoms with E-state index in [0.29, 0.717) is 26.3 Å². The van der Waals surface area contributed by atoms with Gasteiger partial charge in [0.1, 0.15) is 11.6 Å². The first-order valence-electron chi connectivity index (χ1n) is 6.58. The molecular formula is C15H13F3N2O2. The lowest BCUT2D eigenvalue weighted by Gasteiger charge is -2.26. The van der Waals surface area contributed by atoms with Gasteiger partial charge in [0.2, 0.25) is 0 Å². The van der Waals surface area contributed by atoms with Crippen LogP contribution in [-0.2, 0) is 15.7 Å². The smallest absolute Gasteiger partial charge is 0.378 e. The number of morpholine rings is 1. The largest absolute Gasteiger partial charge is 0.416 e. The molecule has 22 heavy (non-hydrogen) atoms. The van der Waals surface area contributed by atoms with Crippen LogP contribution in [0.4, 0.5) is 13.2 Å². The summed E-state index contributed by atoms with van der Waals surface area (Å²) in [6.07, 6.45) is -3.29. The Morgan fingerprint density at radius 1 is 1.32 bits per heavy atom. The van der Waals surface area contributed by atoms with Crippen LogP contribution in [0.1, 0.15) is 11.1 Å². The van der Waals surface area contributed by atoms with Crippen LogP contribution in [0, 0.1) is 11.3 Å². The topological polar surface area (TPSA) is 53.3 Å². The van der Waals surface area contributed by atoms with Gasteiger partial charge in [0, 0.05) is 13.1 Å². The Hall–Kier alpha value is -2.33. The average Bonchev–Trinajstić information content (AvgIpc) is 2.52. The van der Waals surface area contributed by atoms with Crippen molar-refractivity contribution < 1.29 is 22.7 Å². The molecule has 0 saturated carbocycles. The third-order valence-corrected chi connectivity index (χ3v) is 3.17. The Labute approximate surface area is 125 Å². The van der Waals surface area contributed by atoms with Gasteiger partial charge >= 0.3 is 6.18 Å². The van der Waals surface area contributed by atoms with E-state index in [4.69, 9.17) is 10.00 Å². The Morgan fingerprint density at radius 2 is 2.00 bits per heavy atom. The fourth-order valence-electron chi connectivity index (χ4n) is 2.05. The number of nitrogens with zero attached hydrogens (tertiary/aromatic N) is 2. The lowest BCUT2D eigenvalue weighted by molar-refractivity contribution is -0.137. The molecule has 0 unspecified atom stereocenters. The number of hydrogen-bond donors (Lipinski definition) is 0. The highest BCUT2D eigenvalue weighted by molar-refractivity contribution is 6.01. The first-order chi connectivity index (χ1) is 10.4. The van der Waals surface area contributed by atoms with Gasteiger partial charge in [-0.2, -0.15) is 18.4 Å². The second kappa shape index (κ2) is 6.62. The lowest BCUT2D eigenvalue weighted by Crippen LogP contribution is -2.41. The highest BCUT2D eigenvalue weighted by Gasteiger charge is 2.30. The predicted molar refractivity (Wildman–Crippen MR) is 72.4 cm³/mol. The molecule has 1 aliphatic rings. The third kappa shape index (κ3) is 3.86. The van der Waals surface area contributed by atoms with Crippen molar-refractivity contribution in [1.82, 2.24) is 4.90 Å². The molecule has 0 aromatic heterocycles. The second-order valence-corrected chi connectivity index (χ2v) is 4.70. The number of alkyl halides is 3. The molecule has 1 aromatic rings. The summed E-state index contributed by atoms with van der Waals surface area (Å²) >= 11 is 0. The molecule has 1 saturated heterocycles. The molecule has 0 bridgehead atoms. The van der Waals surface area contributed by atoms with Crippen LogP contribution in [0.5, 0.6) is 0 Å². The number of carbonyl (C=O) groups is 1. The molecule has 7 heteroatoms. The van der Waals surface area contributed by atoms with E-state index in [9.17, 15) is 18.0 Å². The maximum Gasteiger partial charge on any atom is 0.416 e. The number of halogens is 3. The molecule has 1 aromatic carbocycles. The summed E-state index contributed by atoms with van der Waals surface area (Å²) in [6.45, 7) is 1.49. The summed E-state index contributed by atoms with van der Waals surface area (Å²) in [5.74, 6) is -0.497. The van der Waals surface area contributed by atoms with E-state index in [-0.39, 0.29) is 11.1 Å². The molecule has 1 aliphatic heterocycles. The second-order valence-electron chi connectivity index (χ2n) is 4.70. The van der Waals surface area contributed by atoms with Crippen molar-refractivity contribution in [3.63, 3.8) is 0 Å². The number of amides is 1. The van der Waals surface area contributed by atoms with Gasteiger partial charge in [-0.3, -0.25) is 4.79 Å². The van der Waals surface area contributed by atoms with Gasteiger partial charge in [0.05, 0.1) is 18.8 Å². The van der Waals surface area contributed by atoms with E-state index < -0.39 is 17.6 Å². The molecule has 1 heterocycles. The summed E-state index contributed by atoms with van der Waals surface area (Å²) in [6, 6.07) is 6.25. The number of nitriles is 1. The molecule has 0 atom stereocenters. The Balaban J connectivity index is 2.25. The molecular weight excluding hydrogens is 297 g/mol. The summed E-state index contributed by atoms with van der Waals surface area (Å²) in [7, 11) is 0. The molecule has 0 radical (unpaired) electrons. The van der Waals surface area contributed by atoms with E-state index in [1.165, 1.54) is 23.1 Å². The highest BCUT2D eigenvalue weighted by atomic mass is 19.4. The molecule has 0 spiro atoms. The summed E-state index contributed by atoms with van der Waals surface area (Å²) < 4.78 is 43.1. The fraction of sp³-hybridized carbons (Fsp3) is 0.333. The molecule has 2 rings (SSSR count). The SMILES string of the molecule is N#C/C(=C\c1cccc(C(F)(F)F)c1)C(=O)N1CCOCC1. The molecule has 116 valence electrons. The Bertz CT molecular complexity index is 626. The Morgan fingerprint density at radius 3 is 2.59 bits per heavy atom. The minimum Gasteiger partial charge on any atom is -0.378 e. The van der Waals surface area contributed by atoms with Crippen molar-refractivity contribution >= 4 is 12.0 Å². The molecule has 1 fully saturated rings. The van der Waals surface area contributed by atoms with Crippen LogP contribution in [0.15, 0.2) is 29.8 Å². The van der Waals surface area contributed by atoms with Gasteiger partial charge in [0.25, 0.3) is 5.91 Å². The predicted octanol–water partition coefficient (Wildman–Crippen LogP) is 2.47. The van der Waals surface area contributed by atoms with Crippen LogP contribution in [0.2, 0.25) is 0 Å². The van der Waals surface area contributed by atoms with E-state index in [1.54, 1.807) is 6.07 Å². The zero-order valence-electron chi connectivity index (χ0n) is 11.6. The van der Waals surface area contributed by atoms with Crippen molar-refractivity contribution in [3.05, 3.63) is 41.0 Å². The number of carbonyl (C=O) groups excluding carboxylic acids is 1. The van der Waals surface area contributed by atoms with Gasteiger partial charge in [-0.05, 0) is 23.8 Å². The quantitative estimate of drug-likeness (QED) is 0.623. The van der Waals surface area contributed by atoms with Crippen molar-refractivity contribution in [2.24, 2.45) is 0 Å². The first-order valence-corrected chi connectivity index (χ1v) is 6.58. The van der Waals surface area contributed by atoms with Gasteiger partial charge < -0.3 is 9.64 Å². The summed E-state index contributed by atoms with van der Waals surface area (Å²) in [5, 5.41) is 9.10. The van der Waals surface area contributed by atoms with Crippen LogP contribution < -0.4 is 0 Å². The van der Waals surface area contributed by atoms with Gasteiger partial charge in [-0.15, -0.1) is 0 Å². The minimum absolute atomic E-state index is 0.160. The molecule has 0 aliphatic carbocycles. The van der Waals surface area contributed by atoms with Gasteiger partial charge in [-0.1, -0.05) is 12.1 Å². The minimum atomic E-state index is -4.47. The molecule has 4 nitrogen and oxygen atoms in total. The standard InChI is InChI=1S/C15H13F3N2O2/c16-15(17,18)13-3-1-2-11(9-13)8-12(10-19)14(21)20-4-6-22-7-5-20/h1-3,8-9H,4-7H2/b12-8+. The van der Waals surface area contributed by atoms with Crippen LogP contribution in [-0.4, -0.2) is 37.1 Å². The zero-order chi connectivity index (χ0) is 16.2. The number of ether oxygens (including phenoxy) is 1. The lowest BCUT2D eigenvalue weighted by atomic mass is 10.1. The average molecular weight is 310 g/mol. The molecule has 0 N–H and O–H groups in total. The normalized spacial score (nSPS) is 16.3. The van der Waals surface area contributed by atoms with Crippen molar-refractivity contribution in [1.29, 1.82) is 5.26 Å². The van der Waals surface area contributed by atoms with E-state index in [2.05, 4.69) is 0 Å². The van der Waals surface area contributed by atoms with E-state index in [0.717, 1.165) is 12.1 Å². The fourth-order valence-corrected chi connectivity index (χ4v) is 2.05. The number of rotatable bonds is 2. The molecule has 1 amide bonds. The maximum absolute atomic E-state index is 12.7. The van der Waals surface area contributed by atoms with Gasteiger partial charge in [0.15, 0.2) is 0 Å².